The minimum atomic E-state index is -1.21. The molecule has 0 bridgehead atoms. The number of amides is 4. The van der Waals surface area contributed by atoms with E-state index in [1.807, 2.05) is 19.1 Å². The van der Waals surface area contributed by atoms with Crippen LogP contribution >= 0.6 is 0 Å². The van der Waals surface area contributed by atoms with Crippen LogP contribution in [0.3, 0.4) is 0 Å². The molecule has 0 radical (unpaired) electrons. The number of carbonyl (C=O) groups excluding carboxylic acids is 4. The smallest absolute Gasteiger partial charge is 0.269 e. The van der Waals surface area contributed by atoms with Gasteiger partial charge < -0.3 is 9.84 Å². The third-order valence-corrected chi connectivity index (χ3v) is 10.8. The van der Waals surface area contributed by atoms with Gasteiger partial charge in [-0.1, -0.05) is 29.8 Å². The molecule has 1 saturated carbocycles. The average Bonchev–Trinajstić information content (AvgIpc) is 3.44. The Labute approximate surface area is 268 Å². The summed E-state index contributed by atoms with van der Waals surface area (Å²) in [7, 11) is 0. The number of imide groups is 2. The number of hydrogen-bond donors (Lipinski definition) is 1. The Morgan fingerprint density at radius 3 is 2.34 bits per heavy atom. The van der Waals surface area contributed by atoms with Gasteiger partial charge in [0.1, 0.15) is 11.5 Å². The normalized spacial score (nSPS) is 29.3. The zero-order chi connectivity index (χ0) is 32.8. The summed E-state index contributed by atoms with van der Waals surface area (Å²) in [5, 5.41) is 21.5. The summed E-state index contributed by atoms with van der Waals surface area (Å²) in [6.07, 6.45) is 4.40. The Hall–Kier alpha value is -5.58. The number of aromatic hydroxyl groups is 1. The van der Waals surface area contributed by atoms with E-state index in [1.165, 1.54) is 35.2 Å². The average molecular weight is 632 g/mol. The van der Waals surface area contributed by atoms with Gasteiger partial charge >= 0.3 is 0 Å². The van der Waals surface area contributed by atoms with Crippen molar-refractivity contribution in [1.29, 1.82) is 0 Å². The van der Waals surface area contributed by atoms with Gasteiger partial charge in [-0.25, -0.2) is 4.90 Å². The maximum Gasteiger partial charge on any atom is 0.269 e. The first-order valence-corrected chi connectivity index (χ1v) is 15.5. The number of nitrogens with zero attached hydrogens (tertiary/aromatic N) is 3. The van der Waals surface area contributed by atoms with Crippen LogP contribution in [0.2, 0.25) is 0 Å². The van der Waals surface area contributed by atoms with Crippen LogP contribution in [0, 0.1) is 45.1 Å². The third kappa shape index (κ3) is 4.05. The largest absolute Gasteiger partial charge is 0.508 e. The van der Waals surface area contributed by atoms with Crippen molar-refractivity contribution in [3.8, 4) is 11.5 Å². The lowest BCUT2D eigenvalue weighted by Gasteiger charge is -2.49. The molecule has 236 valence electrons. The fourth-order valence-corrected chi connectivity index (χ4v) is 8.65. The SMILES string of the molecule is CC12C(=O)N(c3ccccc3)C(=O)C1CC1C(=CCC3C(=O)N(c4ccc([N+](=O)[O-])cc4)C(=O)C31)C2C1=COc2ccc(O)cc2C1. The monoisotopic (exact) mass is 631 g/mol. The number of carbonyl (C=O) groups is 4. The number of ether oxygens (including phenoxy) is 1. The lowest BCUT2D eigenvalue weighted by Crippen LogP contribution is -2.51. The molecule has 2 saturated heterocycles. The van der Waals surface area contributed by atoms with Gasteiger partial charge in [0.05, 0.1) is 45.7 Å². The van der Waals surface area contributed by atoms with Gasteiger partial charge in [-0.2, -0.15) is 0 Å². The van der Waals surface area contributed by atoms with Crippen molar-refractivity contribution in [2.45, 2.75) is 26.2 Å². The Kier molecular flexibility index (Phi) is 6.27. The van der Waals surface area contributed by atoms with Crippen LogP contribution in [0.15, 0.2) is 96.3 Å². The van der Waals surface area contributed by atoms with Crippen molar-refractivity contribution in [2.24, 2.45) is 35.0 Å². The fourth-order valence-electron chi connectivity index (χ4n) is 8.65. The molecule has 8 rings (SSSR count). The maximum absolute atomic E-state index is 14.5. The van der Waals surface area contributed by atoms with E-state index in [4.69, 9.17) is 4.74 Å². The number of nitro groups is 1. The number of phenols is 1. The van der Waals surface area contributed by atoms with Crippen LogP contribution in [0.4, 0.5) is 17.1 Å². The summed E-state index contributed by atoms with van der Waals surface area (Å²) >= 11 is 0. The first kappa shape index (κ1) is 28.9. The first-order chi connectivity index (χ1) is 22.6. The Morgan fingerprint density at radius 2 is 1.62 bits per heavy atom. The molecule has 5 aliphatic rings. The minimum Gasteiger partial charge on any atom is -0.508 e. The van der Waals surface area contributed by atoms with Crippen LogP contribution in [0.5, 0.6) is 11.5 Å². The van der Waals surface area contributed by atoms with E-state index >= 15 is 0 Å². The molecule has 3 aromatic carbocycles. The number of phenolic OH excluding ortho intramolecular Hbond substituents is 1. The first-order valence-electron chi connectivity index (χ1n) is 15.5. The zero-order valence-electron chi connectivity index (χ0n) is 25.2. The van der Waals surface area contributed by atoms with Crippen molar-refractivity contribution >= 4 is 40.7 Å². The predicted octanol–water partition coefficient (Wildman–Crippen LogP) is 5.09. The van der Waals surface area contributed by atoms with Crippen LogP contribution < -0.4 is 14.5 Å². The summed E-state index contributed by atoms with van der Waals surface area (Å²) in [4.78, 5) is 69.9. The van der Waals surface area contributed by atoms with Crippen molar-refractivity contribution in [1.82, 2.24) is 0 Å². The summed E-state index contributed by atoms with van der Waals surface area (Å²) in [6, 6.07) is 18.9. The number of hydrogen-bond acceptors (Lipinski definition) is 8. The van der Waals surface area contributed by atoms with Crippen molar-refractivity contribution in [2.75, 3.05) is 9.80 Å². The summed E-state index contributed by atoms with van der Waals surface area (Å²) < 4.78 is 6.03. The summed E-state index contributed by atoms with van der Waals surface area (Å²) in [5.74, 6) is -4.24. The molecule has 6 unspecified atom stereocenters. The lowest BCUT2D eigenvalue weighted by molar-refractivity contribution is -0.384. The summed E-state index contributed by atoms with van der Waals surface area (Å²) in [6.45, 7) is 1.82. The number of fused-ring (bicyclic) bond motifs is 5. The highest BCUT2D eigenvalue weighted by Gasteiger charge is 2.68. The molecule has 2 aliphatic carbocycles. The molecular weight excluding hydrogens is 602 g/mol. The molecule has 0 spiro atoms. The summed E-state index contributed by atoms with van der Waals surface area (Å²) in [5.41, 5.74) is 1.64. The quantitative estimate of drug-likeness (QED) is 0.181. The second-order valence-electron chi connectivity index (χ2n) is 13.1. The van der Waals surface area contributed by atoms with E-state index in [-0.39, 0.29) is 41.8 Å². The van der Waals surface area contributed by atoms with Gasteiger partial charge in [0.25, 0.3) is 5.69 Å². The molecule has 47 heavy (non-hydrogen) atoms. The van der Waals surface area contributed by atoms with E-state index in [1.54, 1.807) is 42.7 Å². The van der Waals surface area contributed by atoms with Gasteiger partial charge in [-0.3, -0.25) is 34.2 Å². The van der Waals surface area contributed by atoms with Gasteiger partial charge in [-0.15, -0.1) is 0 Å². The highest BCUT2D eigenvalue weighted by Crippen LogP contribution is 2.63. The van der Waals surface area contributed by atoms with E-state index < -0.39 is 51.7 Å². The Balaban J connectivity index is 1.23. The predicted molar refractivity (Wildman–Crippen MR) is 168 cm³/mol. The number of allylic oxidation sites excluding steroid dienone is 3. The molecule has 11 heteroatoms. The van der Waals surface area contributed by atoms with E-state index in [0.717, 1.165) is 21.6 Å². The molecule has 0 aromatic heterocycles. The van der Waals surface area contributed by atoms with E-state index in [2.05, 4.69) is 0 Å². The number of para-hydroxylation sites is 1. The fraction of sp³-hybridized carbons (Fsp3) is 0.278. The number of anilines is 2. The molecule has 11 nitrogen and oxygen atoms in total. The molecule has 3 fully saturated rings. The van der Waals surface area contributed by atoms with E-state index in [0.29, 0.717) is 17.9 Å². The van der Waals surface area contributed by atoms with E-state index in [9.17, 15) is 34.4 Å². The topological polar surface area (TPSA) is 147 Å². The van der Waals surface area contributed by atoms with Crippen molar-refractivity contribution < 1.29 is 33.9 Å². The lowest BCUT2D eigenvalue weighted by atomic mass is 9.51. The van der Waals surface area contributed by atoms with Crippen molar-refractivity contribution in [3.63, 3.8) is 0 Å². The number of non-ortho nitro benzene ring substituents is 1. The zero-order valence-corrected chi connectivity index (χ0v) is 25.2. The molecule has 3 aliphatic heterocycles. The van der Waals surface area contributed by atoms with Gasteiger partial charge in [-0.05, 0) is 73.7 Å². The molecule has 4 amide bonds. The van der Waals surface area contributed by atoms with Gasteiger partial charge in [0.15, 0.2) is 0 Å². The Morgan fingerprint density at radius 1 is 0.894 bits per heavy atom. The van der Waals surface area contributed by atoms with Crippen LogP contribution in [0.25, 0.3) is 0 Å². The molecule has 1 N–H and O–H groups in total. The highest BCUT2D eigenvalue weighted by molar-refractivity contribution is 6.25. The standard InChI is InChI=1S/C36H29N3O8/c1-36-28(33(42)38(35(36)44)21-5-3-2-4-6-21)17-27-25(31(36)20-15-19-16-24(40)11-14-29(19)47-18-20)12-13-26-30(27)34(43)37(32(26)41)22-7-9-23(10-8-22)39(45)46/h2-12,14,16,18,26-28,30-31,40H,13,15,17H2,1H3. The van der Waals surface area contributed by atoms with Crippen LogP contribution in [-0.4, -0.2) is 33.7 Å². The second kappa shape index (κ2) is 10.2. The van der Waals surface area contributed by atoms with Crippen molar-refractivity contribution in [3.05, 3.63) is 112 Å². The minimum absolute atomic E-state index is 0.0720. The van der Waals surface area contributed by atoms with Crippen LogP contribution in [-0.2, 0) is 25.6 Å². The molecular formula is C36H29N3O8. The number of rotatable bonds is 4. The maximum atomic E-state index is 14.5. The Bertz CT molecular complexity index is 1970. The second-order valence-corrected chi connectivity index (χ2v) is 13.1. The molecule has 3 aromatic rings. The third-order valence-electron chi connectivity index (χ3n) is 10.8. The van der Waals surface area contributed by atoms with Gasteiger partial charge in [0.2, 0.25) is 23.6 Å². The highest BCUT2D eigenvalue weighted by atomic mass is 16.6. The van der Waals surface area contributed by atoms with Gasteiger partial charge in [0, 0.05) is 30.0 Å². The number of nitro benzene ring substituents is 1. The van der Waals surface area contributed by atoms with Crippen LogP contribution in [0.1, 0.15) is 25.3 Å². The number of benzene rings is 3. The molecule has 6 atom stereocenters. The molecule has 3 heterocycles.